The molecule has 3 N–H and O–H groups in total. The van der Waals surface area contributed by atoms with Gasteiger partial charge in [-0.1, -0.05) is 29.3 Å². The number of benzene rings is 2. The van der Waals surface area contributed by atoms with E-state index in [2.05, 4.69) is 15.2 Å². The van der Waals surface area contributed by atoms with E-state index in [0.717, 1.165) is 0 Å². The van der Waals surface area contributed by atoms with Crippen LogP contribution in [0.2, 0.25) is 10.0 Å². The minimum Gasteiger partial charge on any atom is -0.507 e. The van der Waals surface area contributed by atoms with Crippen molar-refractivity contribution >= 4 is 45.7 Å². The molecule has 0 saturated heterocycles. The number of hydrogen-bond donors (Lipinski definition) is 3. The summed E-state index contributed by atoms with van der Waals surface area (Å²) < 4.78 is 0. The molecule has 0 aliphatic carbocycles. The summed E-state index contributed by atoms with van der Waals surface area (Å²) in [5, 5.41) is 36.7. The number of H-pyrrole nitrogens is 1. The first-order chi connectivity index (χ1) is 12.4. The van der Waals surface area contributed by atoms with Gasteiger partial charge in [0, 0.05) is 0 Å². The molecule has 0 aliphatic heterocycles. The number of rotatable bonds is 3. The van der Waals surface area contributed by atoms with Gasteiger partial charge in [-0.3, -0.25) is 4.79 Å². The highest BCUT2D eigenvalue weighted by Gasteiger charge is 2.16. The van der Waals surface area contributed by atoms with Gasteiger partial charge in [0.25, 0.3) is 5.91 Å². The normalized spacial score (nSPS) is 11.1. The number of phenolic OH excluding ortho intramolecular Hbond substituents is 1. The standard InChI is InChI=1S/C17H10Cl2N4O3/c18-10-2-3-11(19)15-14(10)16(17(26)21-15)23-22-13(25)6-8-1-4-12(24)9(5-8)7-20/h1-5,21,24,26H,6H2. The van der Waals surface area contributed by atoms with Crippen LogP contribution in [0.1, 0.15) is 11.1 Å². The maximum absolute atomic E-state index is 12.0. The third-order valence-electron chi connectivity index (χ3n) is 3.61. The summed E-state index contributed by atoms with van der Waals surface area (Å²) in [4.78, 5) is 14.7. The zero-order valence-corrected chi connectivity index (χ0v) is 14.5. The summed E-state index contributed by atoms with van der Waals surface area (Å²) in [5.74, 6) is -1.09. The molecule has 1 aromatic heterocycles. The number of carbonyl (C=O) groups excluding carboxylic acids is 1. The fourth-order valence-corrected chi connectivity index (χ4v) is 2.85. The predicted octanol–water partition coefficient (Wildman–Crippen LogP) is 4.61. The van der Waals surface area contributed by atoms with Crippen LogP contribution < -0.4 is 0 Å². The number of phenols is 1. The quantitative estimate of drug-likeness (QED) is 0.566. The summed E-state index contributed by atoms with van der Waals surface area (Å²) in [7, 11) is 0. The molecule has 0 unspecified atom stereocenters. The summed E-state index contributed by atoms with van der Waals surface area (Å²) >= 11 is 12.1. The van der Waals surface area contributed by atoms with Gasteiger partial charge in [0.15, 0.2) is 5.69 Å². The first-order valence-corrected chi connectivity index (χ1v) is 8.01. The average molecular weight is 389 g/mol. The van der Waals surface area contributed by atoms with Crippen LogP contribution in [0.4, 0.5) is 5.69 Å². The molecule has 130 valence electrons. The van der Waals surface area contributed by atoms with Gasteiger partial charge >= 0.3 is 0 Å². The van der Waals surface area contributed by atoms with Crippen LogP contribution in [0.25, 0.3) is 10.9 Å². The zero-order chi connectivity index (χ0) is 18.8. The summed E-state index contributed by atoms with van der Waals surface area (Å²) in [6.07, 6.45) is -0.129. The van der Waals surface area contributed by atoms with Crippen molar-refractivity contribution in [1.82, 2.24) is 4.98 Å². The number of nitrogens with zero attached hydrogens (tertiary/aromatic N) is 3. The number of carbonyl (C=O) groups is 1. The van der Waals surface area contributed by atoms with Gasteiger partial charge in [0.1, 0.15) is 11.8 Å². The highest BCUT2D eigenvalue weighted by atomic mass is 35.5. The lowest BCUT2D eigenvalue weighted by Gasteiger charge is -2.00. The highest BCUT2D eigenvalue weighted by Crippen LogP contribution is 2.42. The maximum atomic E-state index is 12.0. The van der Waals surface area contributed by atoms with Crippen LogP contribution in [-0.4, -0.2) is 21.1 Å². The molecule has 3 aromatic rings. The number of fused-ring (bicyclic) bond motifs is 1. The monoisotopic (exact) mass is 388 g/mol. The van der Waals surface area contributed by atoms with Crippen LogP contribution >= 0.6 is 23.2 Å². The average Bonchev–Trinajstić information content (AvgIpc) is 2.95. The predicted molar refractivity (Wildman–Crippen MR) is 96.0 cm³/mol. The molecule has 1 amide bonds. The topological polar surface area (TPSA) is 122 Å². The first kappa shape index (κ1) is 17.7. The third-order valence-corrected chi connectivity index (χ3v) is 4.24. The van der Waals surface area contributed by atoms with E-state index < -0.39 is 5.91 Å². The third kappa shape index (κ3) is 3.33. The van der Waals surface area contributed by atoms with E-state index in [4.69, 9.17) is 28.5 Å². The molecule has 0 aliphatic rings. The van der Waals surface area contributed by atoms with E-state index in [1.807, 2.05) is 6.07 Å². The van der Waals surface area contributed by atoms with E-state index in [-0.39, 0.29) is 29.3 Å². The van der Waals surface area contributed by atoms with E-state index in [1.54, 1.807) is 12.1 Å². The minimum atomic E-state index is -0.605. The van der Waals surface area contributed by atoms with Crippen molar-refractivity contribution in [2.75, 3.05) is 0 Å². The van der Waals surface area contributed by atoms with E-state index in [0.29, 0.717) is 26.5 Å². The van der Waals surface area contributed by atoms with Crippen LogP contribution in [-0.2, 0) is 11.2 Å². The number of aromatic nitrogens is 1. The molecular formula is C17H10Cl2N4O3. The number of nitriles is 1. The molecule has 0 radical (unpaired) electrons. The zero-order valence-electron chi connectivity index (χ0n) is 13.0. The minimum absolute atomic E-state index is 0.00395. The molecule has 0 saturated carbocycles. The Morgan fingerprint density at radius 2 is 1.92 bits per heavy atom. The number of nitrogens with one attached hydrogen (secondary N) is 1. The van der Waals surface area contributed by atoms with Crippen LogP contribution in [0, 0.1) is 11.3 Å². The molecule has 9 heteroatoms. The number of aromatic hydroxyl groups is 2. The van der Waals surface area contributed by atoms with E-state index in [1.165, 1.54) is 18.2 Å². The molecule has 0 spiro atoms. The Labute approximate surface area is 157 Å². The first-order valence-electron chi connectivity index (χ1n) is 7.26. The lowest BCUT2D eigenvalue weighted by Crippen LogP contribution is -1.98. The fourth-order valence-electron chi connectivity index (χ4n) is 2.40. The lowest BCUT2D eigenvalue weighted by atomic mass is 10.1. The van der Waals surface area contributed by atoms with Crippen LogP contribution in [0.3, 0.4) is 0 Å². The Bertz CT molecular complexity index is 1100. The number of halogens is 2. The van der Waals surface area contributed by atoms with Crippen molar-refractivity contribution in [3.8, 4) is 17.7 Å². The van der Waals surface area contributed by atoms with Crippen LogP contribution in [0.5, 0.6) is 11.6 Å². The summed E-state index contributed by atoms with van der Waals surface area (Å²) in [5.41, 5.74) is 0.940. The molecule has 1 heterocycles. The number of amides is 1. The molecular weight excluding hydrogens is 379 g/mol. The Hall–Kier alpha value is -3.08. The van der Waals surface area contributed by atoms with Crippen molar-refractivity contribution in [2.24, 2.45) is 10.2 Å². The van der Waals surface area contributed by atoms with Gasteiger partial charge in [-0.2, -0.15) is 5.26 Å². The van der Waals surface area contributed by atoms with E-state index in [9.17, 15) is 15.0 Å². The smallest absolute Gasteiger partial charge is 0.269 e. The van der Waals surface area contributed by atoms with Crippen molar-refractivity contribution in [3.63, 3.8) is 0 Å². The van der Waals surface area contributed by atoms with Gasteiger partial charge in [0.05, 0.1) is 32.9 Å². The second kappa shape index (κ2) is 7.04. The molecule has 2 aromatic carbocycles. The molecule has 0 bridgehead atoms. The Morgan fingerprint density at radius 3 is 2.65 bits per heavy atom. The Morgan fingerprint density at radius 1 is 1.19 bits per heavy atom. The Balaban J connectivity index is 1.88. The molecule has 0 fully saturated rings. The van der Waals surface area contributed by atoms with Gasteiger partial charge in [0.2, 0.25) is 5.88 Å². The lowest BCUT2D eigenvalue weighted by molar-refractivity contribution is -0.117. The van der Waals surface area contributed by atoms with Crippen molar-refractivity contribution in [3.05, 3.63) is 51.5 Å². The Kier molecular flexibility index (Phi) is 4.80. The second-order valence-electron chi connectivity index (χ2n) is 5.34. The van der Waals surface area contributed by atoms with Crippen molar-refractivity contribution < 1.29 is 15.0 Å². The fraction of sp³-hybridized carbons (Fsp3) is 0.0588. The molecule has 7 nitrogen and oxygen atoms in total. The maximum Gasteiger partial charge on any atom is 0.269 e. The summed E-state index contributed by atoms with van der Waals surface area (Å²) in [6, 6.07) is 9.15. The van der Waals surface area contributed by atoms with Crippen molar-refractivity contribution in [1.29, 1.82) is 5.26 Å². The molecule has 0 atom stereocenters. The summed E-state index contributed by atoms with van der Waals surface area (Å²) in [6.45, 7) is 0. The van der Waals surface area contributed by atoms with Gasteiger partial charge in [-0.25, -0.2) is 0 Å². The second-order valence-corrected chi connectivity index (χ2v) is 6.15. The SMILES string of the molecule is N#Cc1cc(CC(=O)N=Nc2c(O)[nH]c3c(Cl)ccc(Cl)c23)ccc1O. The number of hydrogen-bond acceptors (Lipinski definition) is 5. The molecule has 3 rings (SSSR count). The highest BCUT2D eigenvalue weighted by molar-refractivity contribution is 6.41. The van der Waals surface area contributed by atoms with Crippen LogP contribution in [0.15, 0.2) is 40.6 Å². The molecule has 26 heavy (non-hydrogen) atoms. The van der Waals surface area contributed by atoms with E-state index >= 15 is 0 Å². The largest absolute Gasteiger partial charge is 0.507 e. The van der Waals surface area contributed by atoms with Gasteiger partial charge in [-0.05, 0) is 29.8 Å². The number of azo groups is 1. The van der Waals surface area contributed by atoms with Gasteiger partial charge in [-0.15, -0.1) is 10.2 Å². The number of aromatic amines is 1. The van der Waals surface area contributed by atoms with Crippen molar-refractivity contribution in [2.45, 2.75) is 6.42 Å². The van der Waals surface area contributed by atoms with Gasteiger partial charge < -0.3 is 15.2 Å².